The normalized spacial score (nSPS) is 12.0. The average Bonchev–Trinajstić information content (AvgIpc) is 3.07. The Hall–Kier alpha value is -1.87. The van der Waals surface area contributed by atoms with Crippen LogP contribution in [0.3, 0.4) is 0 Å². The summed E-state index contributed by atoms with van der Waals surface area (Å²) in [7, 11) is 2.02. The molecular formula is C20H19Cl2N3O3S2. The molecule has 1 unspecified atom stereocenters. The second kappa shape index (κ2) is 10.4. The summed E-state index contributed by atoms with van der Waals surface area (Å²) in [6, 6.07) is 12.4. The SMILES string of the molecule is COC(=O)c1ccc(CSc2nnc(CS(=O)Cc3ccc(Cl)cc3Cl)n2C)cc1. The van der Waals surface area contributed by atoms with Crippen LogP contribution in [0.1, 0.15) is 27.3 Å². The number of nitrogens with zero attached hydrogens (tertiary/aromatic N) is 3. The molecule has 0 radical (unpaired) electrons. The summed E-state index contributed by atoms with van der Waals surface area (Å²) in [4.78, 5) is 11.5. The molecule has 158 valence electrons. The molecule has 0 saturated heterocycles. The molecule has 3 rings (SSSR count). The van der Waals surface area contributed by atoms with Crippen LogP contribution in [0.4, 0.5) is 0 Å². The molecule has 0 saturated carbocycles. The Morgan fingerprint density at radius 3 is 2.53 bits per heavy atom. The van der Waals surface area contributed by atoms with Crippen LogP contribution in [-0.4, -0.2) is 32.1 Å². The van der Waals surface area contributed by atoms with E-state index in [9.17, 15) is 9.00 Å². The van der Waals surface area contributed by atoms with Gasteiger partial charge < -0.3 is 9.30 Å². The van der Waals surface area contributed by atoms with Crippen molar-refractivity contribution in [3.8, 4) is 0 Å². The van der Waals surface area contributed by atoms with Crippen LogP contribution >= 0.6 is 35.0 Å². The average molecular weight is 484 g/mol. The highest BCUT2D eigenvalue weighted by atomic mass is 35.5. The van der Waals surface area contributed by atoms with Gasteiger partial charge >= 0.3 is 5.97 Å². The fourth-order valence-corrected chi connectivity index (χ4v) is 5.29. The molecule has 0 spiro atoms. The van der Waals surface area contributed by atoms with E-state index >= 15 is 0 Å². The number of carbonyl (C=O) groups is 1. The number of esters is 1. The lowest BCUT2D eigenvalue weighted by molar-refractivity contribution is 0.0600. The second-order valence-corrected chi connectivity index (χ2v) is 9.64. The van der Waals surface area contributed by atoms with Crippen molar-refractivity contribution < 1.29 is 13.7 Å². The summed E-state index contributed by atoms with van der Waals surface area (Å²) in [5.74, 6) is 1.54. The first-order valence-electron chi connectivity index (χ1n) is 8.84. The highest BCUT2D eigenvalue weighted by Gasteiger charge is 2.14. The van der Waals surface area contributed by atoms with Gasteiger partial charge in [0.05, 0.1) is 24.2 Å². The van der Waals surface area contributed by atoms with Crippen LogP contribution in [0.15, 0.2) is 47.6 Å². The summed E-state index contributed by atoms with van der Waals surface area (Å²) in [6.45, 7) is 0. The minimum Gasteiger partial charge on any atom is -0.465 e. The molecule has 0 amide bonds. The lowest BCUT2D eigenvalue weighted by Gasteiger charge is -2.06. The zero-order chi connectivity index (χ0) is 21.7. The molecule has 2 aromatic carbocycles. The minimum absolute atomic E-state index is 0.275. The standard InChI is InChI=1S/C20H19Cl2N3O3S2/c1-25-18(12-30(27)11-15-7-8-16(21)9-17(15)22)23-24-20(25)29-10-13-3-5-14(6-4-13)19(26)28-2/h3-9H,10-12H2,1-2H3. The van der Waals surface area contributed by atoms with Gasteiger partial charge in [0.2, 0.25) is 0 Å². The van der Waals surface area contributed by atoms with Gasteiger partial charge in [-0.1, -0.05) is 53.2 Å². The van der Waals surface area contributed by atoms with Gasteiger partial charge in [-0.2, -0.15) is 0 Å². The van der Waals surface area contributed by atoms with Gasteiger partial charge in [-0.05, 0) is 35.4 Å². The van der Waals surface area contributed by atoms with Crippen LogP contribution in [0, 0.1) is 0 Å². The van der Waals surface area contributed by atoms with E-state index in [-0.39, 0.29) is 11.7 Å². The van der Waals surface area contributed by atoms with Gasteiger partial charge in [-0.25, -0.2) is 4.79 Å². The number of rotatable bonds is 8. The van der Waals surface area contributed by atoms with Gasteiger partial charge in [-0.3, -0.25) is 4.21 Å². The van der Waals surface area contributed by atoms with Crippen LogP contribution in [0.5, 0.6) is 0 Å². The summed E-state index contributed by atoms with van der Waals surface area (Å²) in [5, 5.41) is 10.2. The van der Waals surface area contributed by atoms with Crippen LogP contribution < -0.4 is 0 Å². The van der Waals surface area contributed by atoms with Gasteiger partial charge in [0.1, 0.15) is 5.82 Å². The van der Waals surface area contributed by atoms with Crippen LogP contribution in [0.25, 0.3) is 0 Å². The fraction of sp³-hybridized carbons (Fsp3) is 0.250. The monoisotopic (exact) mass is 483 g/mol. The van der Waals surface area contributed by atoms with Gasteiger partial charge in [-0.15, -0.1) is 10.2 Å². The summed E-state index contributed by atoms with van der Waals surface area (Å²) < 4.78 is 19.1. The van der Waals surface area contributed by atoms with E-state index < -0.39 is 10.8 Å². The molecule has 0 aliphatic carbocycles. The third kappa shape index (κ3) is 5.85. The third-order valence-electron chi connectivity index (χ3n) is 4.29. The maximum absolute atomic E-state index is 12.6. The maximum Gasteiger partial charge on any atom is 0.337 e. The number of ether oxygens (including phenoxy) is 1. The first-order chi connectivity index (χ1) is 14.4. The second-order valence-electron chi connectivity index (χ2n) is 6.40. The molecule has 6 nitrogen and oxygen atoms in total. The van der Waals surface area contributed by atoms with Gasteiger partial charge in [0.25, 0.3) is 0 Å². The largest absolute Gasteiger partial charge is 0.465 e. The topological polar surface area (TPSA) is 74.1 Å². The van der Waals surface area contributed by atoms with Gasteiger partial charge in [0.15, 0.2) is 5.16 Å². The summed E-state index contributed by atoms with van der Waals surface area (Å²) in [6.07, 6.45) is 0. The Bertz CT molecular complexity index is 1070. The van der Waals surface area contributed by atoms with Crippen molar-refractivity contribution in [3.05, 3.63) is 75.0 Å². The van der Waals surface area contributed by atoms with Crippen molar-refractivity contribution in [1.82, 2.24) is 14.8 Å². The smallest absolute Gasteiger partial charge is 0.337 e. The van der Waals surface area contributed by atoms with E-state index in [1.165, 1.54) is 18.9 Å². The Morgan fingerprint density at radius 2 is 1.87 bits per heavy atom. The molecule has 0 bridgehead atoms. The number of hydrogen-bond donors (Lipinski definition) is 0. The Kier molecular flexibility index (Phi) is 7.93. The van der Waals surface area contributed by atoms with Crippen LogP contribution in [0.2, 0.25) is 10.0 Å². The predicted molar refractivity (Wildman–Crippen MR) is 120 cm³/mol. The molecule has 30 heavy (non-hydrogen) atoms. The summed E-state index contributed by atoms with van der Waals surface area (Å²) >= 11 is 13.6. The van der Waals surface area contributed by atoms with Crippen molar-refractivity contribution >= 4 is 51.7 Å². The number of hydrogen-bond acceptors (Lipinski definition) is 6. The Labute approximate surface area is 191 Å². The van der Waals surface area contributed by atoms with E-state index in [0.717, 1.165) is 16.3 Å². The number of aromatic nitrogens is 3. The zero-order valence-electron chi connectivity index (χ0n) is 16.3. The van der Waals surface area contributed by atoms with Crippen molar-refractivity contribution in [2.24, 2.45) is 7.05 Å². The van der Waals surface area contributed by atoms with Crippen LogP contribution in [-0.2, 0) is 39.8 Å². The number of methoxy groups -OCH3 is 1. The molecular weight excluding hydrogens is 465 g/mol. The molecule has 0 aliphatic heterocycles. The zero-order valence-corrected chi connectivity index (χ0v) is 19.4. The molecule has 10 heteroatoms. The molecule has 1 aromatic heterocycles. The lowest BCUT2D eigenvalue weighted by atomic mass is 10.1. The molecule has 0 N–H and O–H groups in total. The molecule has 1 atom stereocenters. The van der Waals surface area contributed by atoms with Gasteiger partial charge in [0, 0.05) is 33.6 Å². The minimum atomic E-state index is -1.19. The van der Waals surface area contributed by atoms with E-state index in [1.807, 2.05) is 23.7 Å². The quantitative estimate of drug-likeness (QED) is 0.342. The van der Waals surface area contributed by atoms with E-state index in [4.69, 9.17) is 27.9 Å². The highest BCUT2D eigenvalue weighted by Crippen LogP contribution is 2.24. The Balaban J connectivity index is 1.58. The van der Waals surface area contributed by atoms with Crippen molar-refractivity contribution in [2.45, 2.75) is 22.4 Å². The van der Waals surface area contributed by atoms with Crippen molar-refractivity contribution in [2.75, 3.05) is 7.11 Å². The van der Waals surface area contributed by atoms with Crippen molar-refractivity contribution in [3.63, 3.8) is 0 Å². The number of thioether (sulfide) groups is 1. The van der Waals surface area contributed by atoms with E-state index in [0.29, 0.717) is 32.9 Å². The maximum atomic E-state index is 12.6. The first kappa shape index (κ1) is 22.8. The van der Waals surface area contributed by atoms with Crippen molar-refractivity contribution in [1.29, 1.82) is 0 Å². The predicted octanol–water partition coefficient (Wildman–Crippen LogP) is 4.65. The molecule has 0 fully saturated rings. The molecule has 3 aromatic rings. The molecule has 0 aliphatic rings. The lowest BCUT2D eigenvalue weighted by Crippen LogP contribution is -2.06. The summed E-state index contributed by atoms with van der Waals surface area (Å²) in [5.41, 5.74) is 2.33. The number of halogens is 2. The molecule has 1 heterocycles. The highest BCUT2D eigenvalue weighted by molar-refractivity contribution is 7.98. The fourth-order valence-electron chi connectivity index (χ4n) is 2.61. The van der Waals surface area contributed by atoms with E-state index in [1.54, 1.807) is 30.3 Å². The number of carbonyl (C=O) groups excluding carboxylic acids is 1. The Morgan fingerprint density at radius 1 is 1.13 bits per heavy atom. The first-order valence-corrected chi connectivity index (χ1v) is 12.1. The number of benzene rings is 2. The third-order valence-corrected chi connectivity index (χ3v) is 7.18. The van der Waals surface area contributed by atoms with E-state index in [2.05, 4.69) is 10.2 Å².